The van der Waals surface area contributed by atoms with Gasteiger partial charge in [0.15, 0.2) is 0 Å². The van der Waals surface area contributed by atoms with Crippen molar-refractivity contribution in [3.8, 4) is 0 Å². The summed E-state index contributed by atoms with van der Waals surface area (Å²) >= 11 is 0. The number of unbranched alkanes of at least 4 members (excludes halogenated alkanes) is 48. The third-order valence-corrected chi connectivity index (χ3v) is 14.7. The minimum Gasteiger partial charge on any atom is -0.387 e. The topological polar surface area (TPSA) is 116 Å². The van der Waals surface area contributed by atoms with Crippen LogP contribution in [-0.4, -0.2) is 39.6 Å². The molecule has 400 valence electrons. The fourth-order valence-corrected chi connectivity index (χ4v) is 10.1. The number of nitrogens with one attached hydrogen (secondary N) is 1. The molecule has 67 heavy (non-hydrogen) atoms. The van der Waals surface area contributed by atoms with Gasteiger partial charge in [-0.25, -0.2) is 4.57 Å². The highest BCUT2D eigenvalue weighted by Crippen LogP contribution is 2.36. The first-order valence-corrected chi connectivity index (χ1v) is 31.7. The molecule has 0 rings (SSSR count). The molecule has 0 aliphatic rings. The second-order valence-electron chi connectivity index (χ2n) is 21.0. The molecule has 4 N–H and O–H groups in total. The van der Waals surface area contributed by atoms with E-state index in [1.807, 2.05) is 6.08 Å². The Morgan fingerprint density at radius 2 is 0.657 bits per heavy atom. The molecule has 1 amide bonds. The highest BCUT2D eigenvalue weighted by atomic mass is 31.2. The van der Waals surface area contributed by atoms with E-state index in [0.29, 0.717) is 6.42 Å². The number of hydrogen-bond acceptors (Lipinski definition) is 4. The average molecular weight is 969 g/mol. The van der Waals surface area contributed by atoms with Gasteiger partial charge in [0.25, 0.3) is 0 Å². The van der Waals surface area contributed by atoms with Gasteiger partial charge in [0, 0.05) is 6.42 Å². The van der Waals surface area contributed by atoms with Crippen molar-refractivity contribution in [3.05, 3.63) is 12.2 Å². The lowest BCUT2D eigenvalue weighted by Crippen LogP contribution is -2.45. The Balaban J connectivity index is 3.60. The van der Waals surface area contributed by atoms with Crippen molar-refractivity contribution in [3.63, 3.8) is 0 Å². The molecule has 8 heteroatoms. The van der Waals surface area contributed by atoms with E-state index in [4.69, 9.17) is 0 Å². The average Bonchev–Trinajstić information content (AvgIpc) is 3.31. The summed E-state index contributed by atoms with van der Waals surface area (Å²) in [7, 11) is -4.72. The number of aliphatic hydroxyl groups is 1. The van der Waals surface area contributed by atoms with Gasteiger partial charge >= 0.3 is 7.82 Å². The lowest BCUT2D eigenvalue weighted by molar-refractivity contribution is -0.123. The molecule has 0 unspecified atom stereocenters. The van der Waals surface area contributed by atoms with Gasteiger partial charge in [0.2, 0.25) is 5.91 Å². The van der Waals surface area contributed by atoms with Crippen LogP contribution in [-0.2, 0) is 13.9 Å². The van der Waals surface area contributed by atoms with Crippen molar-refractivity contribution in [2.45, 2.75) is 353 Å². The van der Waals surface area contributed by atoms with E-state index in [2.05, 4.69) is 23.7 Å². The first-order valence-electron chi connectivity index (χ1n) is 30.1. The Hall–Kier alpha value is -0.720. The molecule has 0 heterocycles. The summed E-state index contributed by atoms with van der Waals surface area (Å²) < 4.78 is 16.0. The Labute approximate surface area is 418 Å². The van der Waals surface area contributed by atoms with Crippen LogP contribution in [0.1, 0.15) is 341 Å². The van der Waals surface area contributed by atoms with Crippen molar-refractivity contribution in [1.82, 2.24) is 5.32 Å². The van der Waals surface area contributed by atoms with E-state index in [-0.39, 0.29) is 5.91 Å². The number of aliphatic hydroxyl groups excluding tert-OH is 1. The van der Waals surface area contributed by atoms with E-state index in [1.54, 1.807) is 6.08 Å². The summed E-state index contributed by atoms with van der Waals surface area (Å²) in [6, 6.07) is -0.907. The van der Waals surface area contributed by atoms with Crippen LogP contribution in [0.3, 0.4) is 0 Å². The molecule has 0 radical (unpaired) electrons. The summed E-state index contributed by atoms with van der Waals surface area (Å²) in [5.41, 5.74) is 0. The number of phosphoric ester groups is 1. The third-order valence-electron chi connectivity index (χ3n) is 14.2. The summed E-state index contributed by atoms with van der Waals surface area (Å²) in [6.45, 7) is 4.12. The van der Waals surface area contributed by atoms with Crippen molar-refractivity contribution in [2.24, 2.45) is 0 Å². The number of carbonyl (C=O) groups excluding carboxylic acids is 1. The van der Waals surface area contributed by atoms with Gasteiger partial charge in [0.1, 0.15) is 0 Å². The van der Waals surface area contributed by atoms with Crippen LogP contribution in [0, 0.1) is 0 Å². The lowest BCUT2D eigenvalue weighted by Gasteiger charge is -2.22. The molecule has 0 fully saturated rings. The molecule has 0 saturated carbocycles. The van der Waals surface area contributed by atoms with Gasteiger partial charge in [0.05, 0.1) is 18.8 Å². The summed E-state index contributed by atoms with van der Waals surface area (Å²) in [4.78, 5) is 31.1. The predicted octanol–water partition coefficient (Wildman–Crippen LogP) is 19.4. The Morgan fingerprint density at radius 3 is 0.910 bits per heavy atom. The highest BCUT2D eigenvalue weighted by molar-refractivity contribution is 7.46. The summed E-state index contributed by atoms with van der Waals surface area (Å²) in [5, 5.41) is 13.5. The van der Waals surface area contributed by atoms with E-state index in [9.17, 15) is 24.3 Å². The molecule has 0 aromatic rings. The first-order chi connectivity index (χ1) is 32.8. The smallest absolute Gasteiger partial charge is 0.387 e. The van der Waals surface area contributed by atoms with E-state index in [0.717, 1.165) is 38.5 Å². The molecule has 7 nitrogen and oxygen atoms in total. The fraction of sp³-hybridized carbons (Fsp3) is 0.949. The van der Waals surface area contributed by atoms with Crippen molar-refractivity contribution in [1.29, 1.82) is 0 Å². The normalized spacial score (nSPS) is 13.0. The van der Waals surface area contributed by atoms with Crippen LogP contribution < -0.4 is 5.32 Å². The maximum absolute atomic E-state index is 12.7. The minimum atomic E-state index is -4.72. The second kappa shape index (κ2) is 54.6. The molecule has 0 aromatic heterocycles. The van der Waals surface area contributed by atoms with Crippen LogP contribution in [0.25, 0.3) is 0 Å². The van der Waals surface area contributed by atoms with Gasteiger partial charge in [-0.05, 0) is 19.3 Å². The monoisotopic (exact) mass is 968 g/mol. The van der Waals surface area contributed by atoms with E-state index >= 15 is 0 Å². The molecule has 0 aromatic carbocycles. The van der Waals surface area contributed by atoms with Crippen LogP contribution in [0.5, 0.6) is 0 Å². The summed E-state index contributed by atoms with van der Waals surface area (Å²) in [6.07, 6.45) is 70.3. The van der Waals surface area contributed by atoms with Crippen molar-refractivity contribution < 1.29 is 28.8 Å². The molecular formula is C59H118NO6P. The quantitative estimate of drug-likeness (QED) is 0.0274. The number of carbonyl (C=O) groups is 1. The number of allylic oxidation sites excluding steroid dienone is 1. The third kappa shape index (κ3) is 56.1. The zero-order valence-electron chi connectivity index (χ0n) is 45.1. The van der Waals surface area contributed by atoms with Gasteiger partial charge < -0.3 is 20.2 Å². The maximum atomic E-state index is 12.7. The van der Waals surface area contributed by atoms with Crippen LogP contribution in [0.2, 0.25) is 0 Å². The standard InChI is InChI=1S/C59H118NO6P/c1-3-5-7-9-11-13-15-17-19-20-21-22-23-24-25-26-27-28-29-30-31-32-33-34-35-36-37-38-39-41-43-45-47-49-51-53-55-59(62)60-57(56-66-67(63,64)65)58(61)54-52-50-48-46-44-42-40-18-16-14-12-10-8-6-4-2/h52,54,57-58,61H,3-51,53,55-56H2,1-2H3,(H,60,62)(H2,63,64,65)/b54-52+/t57-,58+/m0/s1. The molecule has 0 aliphatic heterocycles. The van der Waals surface area contributed by atoms with Gasteiger partial charge in [-0.2, -0.15) is 0 Å². The van der Waals surface area contributed by atoms with Gasteiger partial charge in [-0.3, -0.25) is 9.32 Å². The zero-order chi connectivity index (χ0) is 48.8. The van der Waals surface area contributed by atoms with Gasteiger partial charge in [-0.1, -0.05) is 328 Å². The SMILES string of the molecule is CCCCCCCCCCCCCCC/C=C/[C@@H](O)[C@H](COP(=O)(O)O)NC(=O)CCCCCCCCCCCCCCCCCCCCCCCCCCCCCCCCCCCCCC. The maximum Gasteiger partial charge on any atom is 0.469 e. The molecule has 0 saturated heterocycles. The Morgan fingerprint density at radius 1 is 0.418 bits per heavy atom. The molecular weight excluding hydrogens is 850 g/mol. The number of hydrogen-bond donors (Lipinski definition) is 4. The molecule has 0 aliphatic carbocycles. The molecule has 0 spiro atoms. The van der Waals surface area contributed by atoms with Crippen LogP contribution >= 0.6 is 7.82 Å². The Bertz CT molecular complexity index is 1050. The van der Waals surface area contributed by atoms with E-state index in [1.165, 1.54) is 283 Å². The van der Waals surface area contributed by atoms with Crippen molar-refractivity contribution in [2.75, 3.05) is 6.61 Å². The largest absolute Gasteiger partial charge is 0.469 e. The predicted molar refractivity (Wildman–Crippen MR) is 292 cm³/mol. The van der Waals surface area contributed by atoms with Gasteiger partial charge in [-0.15, -0.1) is 0 Å². The number of amides is 1. The lowest BCUT2D eigenvalue weighted by atomic mass is 10.0. The molecule has 2 atom stereocenters. The van der Waals surface area contributed by atoms with Crippen LogP contribution in [0.15, 0.2) is 12.2 Å². The fourth-order valence-electron chi connectivity index (χ4n) is 9.70. The van der Waals surface area contributed by atoms with Crippen molar-refractivity contribution >= 4 is 13.7 Å². The number of rotatable bonds is 57. The molecule has 0 bridgehead atoms. The first kappa shape index (κ1) is 66.3. The van der Waals surface area contributed by atoms with E-state index < -0.39 is 26.6 Å². The second-order valence-corrected chi connectivity index (χ2v) is 22.3. The number of phosphoric acid groups is 1. The summed E-state index contributed by atoms with van der Waals surface area (Å²) in [5.74, 6) is -0.218. The minimum absolute atomic E-state index is 0.218. The Kier molecular flexibility index (Phi) is 54.0. The van der Waals surface area contributed by atoms with Crippen LogP contribution in [0.4, 0.5) is 0 Å². The highest BCUT2D eigenvalue weighted by Gasteiger charge is 2.24. The zero-order valence-corrected chi connectivity index (χ0v) is 46.0.